The Morgan fingerprint density at radius 3 is 2.71 bits per heavy atom. The molecule has 5 nitrogen and oxygen atoms in total. The standard InChI is InChI=1S/C19H30N4O/c1-4-9-23-17-8-6-5-7-16(17)21-18(23)14-20-15-19(2,3)22-10-12-24-13-11-22/h5-8,20H,4,9-15H2,1-3H3. The van der Waals surface area contributed by atoms with Gasteiger partial charge in [0.2, 0.25) is 0 Å². The highest BCUT2D eigenvalue weighted by molar-refractivity contribution is 5.75. The quantitative estimate of drug-likeness (QED) is 0.847. The first-order valence-electron chi connectivity index (χ1n) is 9.09. The average Bonchev–Trinajstić information content (AvgIpc) is 2.94. The zero-order chi connectivity index (χ0) is 17.0. The molecule has 2 aromatic rings. The number of hydrogen-bond donors (Lipinski definition) is 1. The molecule has 1 aliphatic rings. The van der Waals surface area contributed by atoms with E-state index < -0.39 is 0 Å². The number of imidazole rings is 1. The van der Waals surface area contributed by atoms with Crippen LogP contribution in [0.3, 0.4) is 0 Å². The Morgan fingerprint density at radius 1 is 1.21 bits per heavy atom. The Balaban J connectivity index is 1.65. The van der Waals surface area contributed by atoms with E-state index in [0.29, 0.717) is 0 Å². The summed E-state index contributed by atoms with van der Waals surface area (Å²) in [6.07, 6.45) is 1.12. The molecule has 0 unspecified atom stereocenters. The summed E-state index contributed by atoms with van der Waals surface area (Å²) in [4.78, 5) is 7.34. The van der Waals surface area contributed by atoms with Crippen LogP contribution in [-0.2, 0) is 17.8 Å². The van der Waals surface area contributed by atoms with Crippen molar-refractivity contribution in [1.82, 2.24) is 19.8 Å². The highest BCUT2D eigenvalue weighted by Gasteiger charge is 2.27. The topological polar surface area (TPSA) is 42.3 Å². The fraction of sp³-hybridized carbons (Fsp3) is 0.632. The van der Waals surface area contributed by atoms with Gasteiger partial charge in [0.05, 0.1) is 30.8 Å². The molecule has 1 saturated heterocycles. The van der Waals surface area contributed by atoms with E-state index in [1.54, 1.807) is 0 Å². The minimum absolute atomic E-state index is 0.130. The highest BCUT2D eigenvalue weighted by Crippen LogP contribution is 2.18. The van der Waals surface area contributed by atoms with Crippen LogP contribution in [0.2, 0.25) is 0 Å². The van der Waals surface area contributed by atoms with Gasteiger partial charge in [0.25, 0.3) is 0 Å². The molecule has 24 heavy (non-hydrogen) atoms. The first kappa shape index (κ1) is 17.4. The molecule has 2 heterocycles. The van der Waals surface area contributed by atoms with Crippen molar-refractivity contribution in [2.45, 2.75) is 45.8 Å². The molecule has 5 heteroatoms. The molecule has 0 bridgehead atoms. The second-order valence-electron chi connectivity index (χ2n) is 7.18. The SMILES string of the molecule is CCCn1c(CNCC(C)(C)N2CCOCC2)nc2ccccc21. The molecular formula is C19H30N4O. The van der Waals surface area contributed by atoms with Crippen LogP contribution in [0, 0.1) is 0 Å². The molecule has 0 spiro atoms. The molecule has 1 aromatic heterocycles. The first-order chi connectivity index (χ1) is 11.6. The third-order valence-corrected chi connectivity index (χ3v) is 4.89. The second kappa shape index (κ2) is 7.64. The van der Waals surface area contributed by atoms with Crippen molar-refractivity contribution in [3.8, 4) is 0 Å². The monoisotopic (exact) mass is 330 g/mol. The predicted molar refractivity (Wildman–Crippen MR) is 98.2 cm³/mol. The molecule has 132 valence electrons. The summed E-state index contributed by atoms with van der Waals surface area (Å²) in [6, 6.07) is 8.42. The van der Waals surface area contributed by atoms with Crippen molar-refractivity contribution in [1.29, 1.82) is 0 Å². The minimum Gasteiger partial charge on any atom is -0.379 e. The Kier molecular flexibility index (Phi) is 5.54. The Labute approximate surface area is 145 Å². The molecule has 0 aliphatic carbocycles. The lowest BCUT2D eigenvalue weighted by atomic mass is 10.0. The van der Waals surface area contributed by atoms with Crippen LogP contribution >= 0.6 is 0 Å². The number of fused-ring (bicyclic) bond motifs is 1. The van der Waals surface area contributed by atoms with Crippen LogP contribution in [0.4, 0.5) is 0 Å². The van der Waals surface area contributed by atoms with Crippen molar-refractivity contribution in [3.05, 3.63) is 30.1 Å². The minimum atomic E-state index is 0.130. The van der Waals surface area contributed by atoms with E-state index in [0.717, 1.165) is 63.7 Å². The van der Waals surface area contributed by atoms with E-state index in [4.69, 9.17) is 9.72 Å². The molecule has 1 fully saturated rings. The number of nitrogens with one attached hydrogen (secondary N) is 1. The Hall–Kier alpha value is -1.43. The Bertz CT molecular complexity index is 658. The molecule has 0 atom stereocenters. The largest absolute Gasteiger partial charge is 0.379 e. The van der Waals surface area contributed by atoms with Crippen LogP contribution in [-0.4, -0.2) is 52.8 Å². The Morgan fingerprint density at radius 2 is 1.96 bits per heavy atom. The number of morpholine rings is 1. The van der Waals surface area contributed by atoms with Crippen molar-refractivity contribution >= 4 is 11.0 Å². The normalized spacial score (nSPS) is 16.8. The van der Waals surface area contributed by atoms with Gasteiger partial charge in [0.15, 0.2) is 0 Å². The first-order valence-corrected chi connectivity index (χ1v) is 9.09. The van der Waals surface area contributed by atoms with E-state index in [9.17, 15) is 0 Å². The van der Waals surface area contributed by atoms with Crippen LogP contribution in [0.25, 0.3) is 11.0 Å². The van der Waals surface area contributed by atoms with Crippen LogP contribution in [0.5, 0.6) is 0 Å². The summed E-state index contributed by atoms with van der Waals surface area (Å²) >= 11 is 0. The molecule has 1 N–H and O–H groups in total. The van der Waals surface area contributed by atoms with Gasteiger partial charge in [-0.3, -0.25) is 4.90 Å². The predicted octanol–water partition coefficient (Wildman–Crippen LogP) is 2.65. The number of ether oxygens (including phenoxy) is 1. The van der Waals surface area contributed by atoms with Gasteiger partial charge in [-0.1, -0.05) is 19.1 Å². The lowest BCUT2D eigenvalue weighted by molar-refractivity contribution is -0.00972. The van der Waals surface area contributed by atoms with Crippen molar-refractivity contribution in [2.24, 2.45) is 0 Å². The molecule has 3 rings (SSSR count). The van der Waals surface area contributed by atoms with Gasteiger partial charge in [0.1, 0.15) is 5.82 Å². The summed E-state index contributed by atoms with van der Waals surface area (Å²) in [6.45, 7) is 13.3. The van der Waals surface area contributed by atoms with E-state index >= 15 is 0 Å². The van der Waals surface area contributed by atoms with Crippen LogP contribution in [0.1, 0.15) is 33.0 Å². The highest BCUT2D eigenvalue weighted by atomic mass is 16.5. The van der Waals surface area contributed by atoms with Crippen LogP contribution in [0.15, 0.2) is 24.3 Å². The van der Waals surface area contributed by atoms with Gasteiger partial charge in [-0.15, -0.1) is 0 Å². The number of aromatic nitrogens is 2. The number of nitrogens with zero attached hydrogens (tertiary/aromatic N) is 3. The summed E-state index contributed by atoms with van der Waals surface area (Å²) in [7, 11) is 0. The summed E-state index contributed by atoms with van der Waals surface area (Å²) < 4.78 is 7.82. The second-order valence-corrected chi connectivity index (χ2v) is 7.18. The van der Waals surface area contributed by atoms with E-state index in [-0.39, 0.29) is 5.54 Å². The number of aryl methyl sites for hydroxylation is 1. The average molecular weight is 330 g/mol. The summed E-state index contributed by atoms with van der Waals surface area (Å²) in [5.41, 5.74) is 2.46. The molecule has 0 radical (unpaired) electrons. The molecule has 1 aliphatic heterocycles. The maximum absolute atomic E-state index is 5.47. The summed E-state index contributed by atoms with van der Waals surface area (Å²) in [5.74, 6) is 1.14. The summed E-state index contributed by atoms with van der Waals surface area (Å²) in [5, 5.41) is 3.63. The lowest BCUT2D eigenvalue weighted by Crippen LogP contribution is -2.54. The van der Waals surface area contributed by atoms with Gasteiger partial charge < -0.3 is 14.6 Å². The molecule has 0 amide bonds. The van der Waals surface area contributed by atoms with Crippen molar-refractivity contribution < 1.29 is 4.74 Å². The van der Waals surface area contributed by atoms with Gasteiger partial charge in [-0.05, 0) is 32.4 Å². The number of para-hydroxylation sites is 2. The van der Waals surface area contributed by atoms with Gasteiger partial charge in [-0.2, -0.15) is 0 Å². The zero-order valence-electron chi connectivity index (χ0n) is 15.2. The van der Waals surface area contributed by atoms with Crippen molar-refractivity contribution in [2.75, 3.05) is 32.8 Å². The van der Waals surface area contributed by atoms with Crippen LogP contribution < -0.4 is 5.32 Å². The number of hydrogen-bond acceptors (Lipinski definition) is 4. The van der Waals surface area contributed by atoms with Gasteiger partial charge >= 0.3 is 0 Å². The van der Waals surface area contributed by atoms with E-state index in [1.807, 2.05) is 0 Å². The van der Waals surface area contributed by atoms with E-state index in [1.165, 1.54) is 5.52 Å². The third-order valence-electron chi connectivity index (χ3n) is 4.89. The lowest BCUT2D eigenvalue weighted by Gasteiger charge is -2.41. The maximum atomic E-state index is 5.47. The third kappa shape index (κ3) is 3.79. The fourth-order valence-corrected chi connectivity index (χ4v) is 3.49. The number of benzene rings is 1. The maximum Gasteiger partial charge on any atom is 0.123 e. The number of rotatable bonds is 7. The van der Waals surface area contributed by atoms with Gasteiger partial charge in [-0.25, -0.2) is 4.98 Å². The van der Waals surface area contributed by atoms with Gasteiger partial charge in [0, 0.05) is 31.7 Å². The molecular weight excluding hydrogens is 300 g/mol. The molecule has 1 aromatic carbocycles. The van der Waals surface area contributed by atoms with Crippen molar-refractivity contribution in [3.63, 3.8) is 0 Å². The zero-order valence-corrected chi connectivity index (χ0v) is 15.2. The fourth-order valence-electron chi connectivity index (χ4n) is 3.49. The van der Waals surface area contributed by atoms with E-state index in [2.05, 4.69) is 59.8 Å². The molecule has 0 saturated carbocycles. The smallest absolute Gasteiger partial charge is 0.123 e.